The van der Waals surface area contributed by atoms with Crippen molar-refractivity contribution in [1.29, 1.82) is 0 Å². The Labute approximate surface area is 126 Å². The Balaban J connectivity index is 2.10. The van der Waals surface area contributed by atoms with Gasteiger partial charge < -0.3 is 9.30 Å². The predicted octanol–water partition coefficient (Wildman–Crippen LogP) is 4.20. The molecule has 3 rings (SSSR count). The number of hydrogen-bond acceptors (Lipinski definition) is 3. The highest BCUT2D eigenvalue weighted by atomic mass is 35.5. The number of alkyl halides is 1. The summed E-state index contributed by atoms with van der Waals surface area (Å²) in [5.41, 5.74) is 2.01. The van der Waals surface area contributed by atoms with Crippen molar-refractivity contribution in [3.05, 3.63) is 45.9 Å². The second-order valence-electron chi connectivity index (χ2n) is 4.61. The highest BCUT2D eigenvalue weighted by Crippen LogP contribution is 2.25. The topological polar surface area (TPSA) is 27.1 Å². The quantitative estimate of drug-likeness (QED) is 0.675. The molecule has 0 saturated carbocycles. The second-order valence-corrected chi connectivity index (χ2v) is 6.25. The Hall–Kier alpha value is -1.52. The van der Waals surface area contributed by atoms with Crippen molar-refractivity contribution in [2.45, 2.75) is 19.3 Å². The van der Waals surface area contributed by atoms with E-state index in [1.807, 2.05) is 18.2 Å². The zero-order chi connectivity index (χ0) is 14.1. The third kappa shape index (κ3) is 2.41. The van der Waals surface area contributed by atoms with Crippen LogP contribution in [0.1, 0.15) is 15.6 Å². The molecule has 1 aromatic carbocycles. The fraction of sp³-hybridized carbons (Fsp3) is 0.267. The number of benzene rings is 1. The van der Waals surface area contributed by atoms with E-state index in [1.54, 1.807) is 18.4 Å². The maximum absolute atomic E-state index is 6.04. The monoisotopic (exact) mass is 306 g/mol. The summed E-state index contributed by atoms with van der Waals surface area (Å²) >= 11 is 7.84. The van der Waals surface area contributed by atoms with Crippen LogP contribution in [0.4, 0.5) is 0 Å². The highest BCUT2D eigenvalue weighted by molar-refractivity contribution is 7.11. The number of rotatable bonds is 4. The van der Waals surface area contributed by atoms with Gasteiger partial charge in [-0.15, -0.1) is 22.9 Å². The normalized spacial score (nSPS) is 11.2. The van der Waals surface area contributed by atoms with Crippen molar-refractivity contribution in [3.63, 3.8) is 0 Å². The summed E-state index contributed by atoms with van der Waals surface area (Å²) in [5, 5.41) is 0. The molecule has 2 heterocycles. The van der Waals surface area contributed by atoms with Crippen molar-refractivity contribution in [2.75, 3.05) is 7.11 Å². The van der Waals surface area contributed by atoms with E-state index in [0.717, 1.165) is 29.2 Å². The summed E-state index contributed by atoms with van der Waals surface area (Å²) in [7, 11) is 1.67. The molecule has 0 amide bonds. The van der Waals surface area contributed by atoms with Crippen LogP contribution in [-0.2, 0) is 12.4 Å². The lowest BCUT2D eigenvalue weighted by Crippen LogP contribution is -2.02. The lowest BCUT2D eigenvalue weighted by molar-refractivity contribution is 0.415. The summed E-state index contributed by atoms with van der Waals surface area (Å²) in [5.74, 6) is 2.13. The molecule has 0 atom stereocenters. The third-order valence-electron chi connectivity index (χ3n) is 3.26. The molecular weight excluding hydrogens is 292 g/mol. The number of fused-ring (bicyclic) bond motifs is 1. The molecule has 0 N–H and O–H groups in total. The fourth-order valence-corrected chi connectivity index (χ4v) is 3.37. The van der Waals surface area contributed by atoms with Gasteiger partial charge in [0.05, 0.1) is 30.6 Å². The van der Waals surface area contributed by atoms with Crippen molar-refractivity contribution in [2.24, 2.45) is 0 Å². The molecule has 3 nitrogen and oxygen atoms in total. The van der Waals surface area contributed by atoms with Gasteiger partial charge in [0.25, 0.3) is 0 Å². The van der Waals surface area contributed by atoms with Crippen LogP contribution in [0.3, 0.4) is 0 Å². The summed E-state index contributed by atoms with van der Waals surface area (Å²) in [6, 6.07) is 10.2. The van der Waals surface area contributed by atoms with Crippen LogP contribution in [0.2, 0.25) is 0 Å². The lowest BCUT2D eigenvalue weighted by atomic mass is 10.3. The number of thiophene rings is 1. The molecule has 104 valence electrons. The maximum atomic E-state index is 6.04. The van der Waals surface area contributed by atoms with E-state index in [0.29, 0.717) is 5.88 Å². The van der Waals surface area contributed by atoms with Gasteiger partial charge in [0.15, 0.2) is 0 Å². The molecule has 0 spiro atoms. The maximum Gasteiger partial charge on any atom is 0.125 e. The number of hydrogen-bond donors (Lipinski definition) is 0. The smallest absolute Gasteiger partial charge is 0.125 e. The molecule has 0 unspecified atom stereocenters. The van der Waals surface area contributed by atoms with Crippen molar-refractivity contribution < 1.29 is 4.74 Å². The molecule has 0 aliphatic rings. The zero-order valence-electron chi connectivity index (χ0n) is 11.4. The Morgan fingerprint density at radius 1 is 1.30 bits per heavy atom. The number of halogens is 1. The van der Waals surface area contributed by atoms with Gasteiger partial charge in [-0.1, -0.05) is 0 Å². The number of ether oxygens (including phenoxy) is 1. The van der Waals surface area contributed by atoms with Crippen LogP contribution in [0.5, 0.6) is 5.75 Å². The van der Waals surface area contributed by atoms with Crippen molar-refractivity contribution >= 4 is 34.0 Å². The number of imidazole rings is 1. The Kier molecular flexibility index (Phi) is 3.68. The average Bonchev–Trinajstić information content (AvgIpc) is 3.03. The summed E-state index contributed by atoms with van der Waals surface area (Å²) in [4.78, 5) is 7.21. The van der Waals surface area contributed by atoms with E-state index in [9.17, 15) is 0 Å². The summed E-state index contributed by atoms with van der Waals surface area (Å²) in [6.07, 6.45) is 0. The standard InChI is InChI=1S/C15H15ClN2OS/c1-10-3-5-12(20-10)9-18-14-7-11(19-2)4-6-13(14)17-15(18)8-16/h3-7H,8-9H2,1-2H3. The second kappa shape index (κ2) is 5.46. The van der Waals surface area contributed by atoms with E-state index in [4.69, 9.17) is 16.3 Å². The molecule has 0 saturated heterocycles. The number of nitrogens with zero attached hydrogens (tertiary/aromatic N) is 2. The SMILES string of the molecule is COc1ccc2nc(CCl)n(Cc3ccc(C)s3)c2c1. The van der Waals surface area contributed by atoms with Crippen LogP contribution in [-0.4, -0.2) is 16.7 Å². The average molecular weight is 307 g/mol. The first-order valence-electron chi connectivity index (χ1n) is 6.35. The molecule has 5 heteroatoms. The van der Waals surface area contributed by atoms with Gasteiger partial charge >= 0.3 is 0 Å². The highest BCUT2D eigenvalue weighted by Gasteiger charge is 2.12. The van der Waals surface area contributed by atoms with E-state index < -0.39 is 0 Å². The first kappa shape index (κ1) is 13.5. The lowest BCUT2D eigenvalue weighted by Gasteiger charge is -2.07. The molecule has 0 aliphatic heterocycles. The van der Waals surface area contributed by atoms with Gasteiger partial charge in [0, 0.05) is 15.8 Å². The van der Waals surface area contributed by atoms with Gasteiger partial charge in [-0.05, 0) is 31.2 Å². The fourth-order valence-electron chi connectivity index (χ4n) is 2.28. The minimum atomic E-state index is 0.404. The Bertz CT molecular complexity index is 747. The first-order valence-corrected chi connectivity index (χ1v) is 7.71. The van der Waals surface area contributed by atoms with Gasteiger partial charge in [-0.2, -0.15) is 0 Å². The van der Waals surface area contributed by atoms with Crippen LogP contribution in [0.25, 0.3) is 11.0 Å². The molecule has 0 aliphatic carbocycles. The van der Waals surface area contributed by atoms with Crippen LogP contribution in [0.15, 0.2) is 30.3 Å². The minimum absolute atomic E-state index is 0.404. The Morgan fingerprint density at radius 2 is 2.15 bits per heavy atom. The molecule has 20 heavy (non-hydrogen) atoms. The van der Waals surface area contributed by atoms with E-state index >= 15 is 0 Å². The number of aryl methyl sites for hydroxylation is 1. The van der Waals surface area contributed by atoms with Crippen LogP contribution < -0.4 is 4.74 Å². The zero-order valence-corrected chi connectivity index (χ0v) is 13.0. The van der Waals surface area contributed by atoms with Gasteiger partial charge in [-0.25, -0.2) is 4.98 Å². The number of aromatic nitrogens is 2. The minimum Gasteiger partial charge on any atom is -0.497 e. The summed E-state index contributed by atoms with van der Waals surface area (Å²) < 4.78 is 7.47. The molecule has 3 aromatic rings. The largest absolute Gasteiger partial charge is 0.497 e. The summed E-state index contributed by atoms with van der Waals surface area (Å²) in [6.45, 7) is 2.91. The van der Waals surface area contributed by atoms with E-state index in [-0.39, 0.29) is 0 Å². The molecule has 0 bridgehead atoms. The molecule has 0 fully saturated rings. The van der Waals surface area contributed by atoms with E-state index in [1.165, 1.54) is 9.75 Å². The van der Waals surface area contributed by atoms with Crippen LogP contribution >= 0.6 is 22.9 Å². The first-order chi connectivity index (χ1) is 9.71. The number of methoxy groups -OCH3 is 1. The molecule has 0 radical (unpaired) electrons. The Morgan fingerprint density at radius 3 is 2.80 bits per heavy atom. The van der Waals surface area contributed by atoms with E-state index in [2.05, 4.69) is 28.6 Å². The van der Waals surface area contributed by atoms with Gasteiger partial charge in [-0.3, -0.25) is 0 Å². The van der Waals surface area contributed by atoms with Crippen molar-refractivity contribution in [3.8, 4) is 5.75 Å². The molecular formula is C15H15ClN2OS. The van der Waals surface area contributed by atoms with Gasteiger partial charge in [0.1, 0.15) is 11.6 Å². The van der Waals surface area contributed by atoms with Crippen LogP contribution in [0, 0.1) is 6.92 Å². The van der Waals surface area contributed by atoms with Gasteiger partial charge in [0.2, 0.25) is 0 Å². The van der Waals surface area contributed by atoms with Crippen molar-refractivity contribution in [1.82, 2.24) is 9.55 Å². The molecule has 2 aromatic heterocycles. The predicted molar refractivity (Wildman–Crippen MR) is 84.0 cm³/mol. The third-order valence-corrected chi connectivity index (χ3v) is 4.49.